The van der Waals surface area contributed by atoms with Crippen molar-refractivity contribution in [3.8, 4) is 0 Å². The third-order valence-electron chi connectivity index (χ3n) is 7.34. The monoisotopic (exact) mass is 368 g/mol. The number of anilines is 1. The molecule has 2 saturated heterocycles. The van der Waals surface area contributed by atoms with Crippen LogP contribution in [0.4, 0.5) is 5.69 Å². The summed E-state index contributed by atoms with van der Waals surface area (Å²) in [5.41, 5.74) is 4.28. The summed E-state index contributed by atoms with van der Waals surface area (Å²) in [5, 5.41) is 3.62. The van der Waals surface area contributed by atoms with Crippen LogP contribution < -0.4 is 5.32 Å². The second-order valence-electron chi connectivity index (χ2n) is 8.12. The summed E-state index contributed by atoms with van der Waals surface area (Å²) in [6.45, 7) is 3.24. The number of fused-ring (bicyclic) bond motifs is 1. The van der Waals surface area contributed by atoms with Gasteiger partial charge in [-0.3, -0.25) is 0 Å². The number of para-hydroxylation sites is 1. The van der Waals surface area contributed by atoms with Gasteiger partial charge in [-0.25, -0.2) is 4.79 Å². The van der Waals surface area contributed by atoms with E-state index in [1.54, 1.807) is 0 Å². The van der Waals surface area contributed by atoms with Crippen LogP contribution in [0.5, 0.6) is 0 Å². The summed E-state index contributed by atoms with van der Waals surface area (Å²) in [6, 6.07) is 8.87. The molecule has 0 aromatic heterocycles. The van der Waals surface area contributed by atoms with Gasteiger partial charge in [0.2, 0.25) is 0 Å². The maximum Gasteiger partial charge on any atom is 0.335 e. The summed E-state index contributed by atoms with van der Waals surface area (Å²) in [5.74, 6) is -0.183. The molecule has 0 amide bonds. The van der Waals surface area contributed by atoms with Crippen molar-refractivity contribution in [3.05, 3.63) is 41.1 Å². The van der Waals surface area contributed by atoms with Crippen LogP contribution >= 0.6 is 12.2 Å². The molecule has 1 aliphatic carbocycles. The zero-order valence-electron chi connectivity index (χ0n) is 15.3. The molecule has 1 aromatic carbocycles. The van der Waals surface area contributed by atoms with Crippen molar-refractivity contribution in [1.29, 1.82) is 0 Å². The third kappa shape index (κ3) is 1.75. The summed E-state index contributed by atoms with van der Waals surface area (Å²) < 4.78 is 5.21. The van der Waals surface area contributed by atoms with Gasteiger partial charge in [-0.15, -0.1) is 0 Å². The number of hydrogen-bond acceptors (Lipinski definition) is 4. The van der Waals surface area contributed by atoms with Crippen LogP contribution in [-0.2, 0) is 14.9 Å². The Hall–Kier alpha value is -1.88. The second kappa shape index (κ2) is 5.32. The number of rotatable bonds is 2. The standard InChI is InChI=1S/C21H24N2O2S/c1-3-20-9-8-16(26)23-11-10-21(19(20)23)14-6-4-5-7-15(14)22-17(21)13(12-20)18(24)25-2/h4-7,19,22H,3,8-12H2,1-2H3/t19-,20-,21-/m1/s1. The van der Waals surface area contributed by atoms with E-state index in [0.29, 0.717) is 6.04 Å². The predicted octanol–water partition coefficient (Wildman–Crippen LogP) is 3.77. The SMILES string of the molecule is CC[C@@]12CCC(=S)N3CC[C@@]4(C(=C(C(=O)OC)C1)Nc1ccccc14)[C@H]32. The molecule has 0 radical (unpaired) electrons. The number of carbonyl (C=O) groups is 1. The van der Waals surface area contributed by atoms with E-state index < -0.39 is 0 Å². The Bertz CT molecular complexity index is 863. The fourth-order valence-corrected chi connectivity index (χ4v) is 6.55. The third-order valence-corrected chi connectivity index (χ3v) is 7.78. The number of benzene rings is 1. The first kappa shape index (κ1) is 16.3. The van der Waals surface area contributed by atoms with Crippen molar-refractivity contribution in [2.45, 2.75) is 50.5 Å². The molecule has 0 bridgehead atoms. The molecule has 1 aromatic rings. The highest BCUT2D eigenvalue weighted by molar-refractivity contribution is 7.80. The van der Waals surface area contributed by atoms with Crippen LogP contribution in [0.15, 0.2) is 35.5 Å². The summed E-state index contributed by atoms with van der Waals surface area (Å²) in [4.78, 5) is 16.4. The molecule has 4 nitrogen and oxygen atoms in total. The number of ether oxygens (including phenoxy) is 1. The molecule has 136 valence electrons. The number of carbonyl (C=O) groups excluding carboxylic acids is 1. The lowest BCUT2D eigenvalue weighted by Crippen LogP contribution is -2.61. The summed E-state index contributed by atoms with van der Waals surface area (Å²) in [6.07, 6.45) is 4.84. The number of nitrogens with one attached hydrogen (secondary N) is 1. The van der Waals surface area contributed by atoms with Crippen molar-refractivity contribution in [2.75, 3.05) is 19.0 Å². The first-order chi connectivity index (χ1) is 12.6. The van der Waals surface area contributed by atoms with Gasteiger partial charge in [-0.05, 0) is 49.1 Å². The number of hydrogen-bond donors (Lipinski definition) is 1. The van der Waals surface area contributed by atoms with Crippen LogP contribution in [-0.4, -0.2) is 35.6 Å². The van der Waals surface area contributed by atoms with Crippen molar-refractivity contribution < 1.29 is 9.53 Å². The van der Waals surface area contributed by atoms with Gasteiger partial charge >= 0.3 is 5.97 Å². The van der Waals surface area contributed by atoms with Gasteiger partial charge in [0.25, 0.3) is 0 Å². The predicted molar refractivity (Wildman–Crippen MR) is 105 cm³/mol. The zero-order chi connectivity index (χ0) is 18.1. The average molecular weight is 369 g/mol. The first-order valence-electron chi connectivity index (χ1n) is 9.55. The maximum atomic E-state index is 12.8. The Balaban J connectivity index is 1.82. The fraction of sp³-hybridized carbons (Fsp3) is 0.524. The van der Waals surface area contributed by atoms with Gasteiger partial charge in [-0.2, -0.15) is 0 Å². The smallest absolute Gasteiger partial charge is 0.335 e. The van der Waals surface area contributed by atoms with Gasteiger partial charge in [0, 0.05) is 17.9 Å². The van der Waals surface area contributed by atoms with Crippen LogP contribution in [0.1, 0.15) is 44.6 Å². The van der Waals surface area contributed by atoms with Crippen molar-refractivity contribution in [2.24, 2.45) is 5.41 Å². The number of methoxy groups -OCH3 is 1. The van der Waals surface area contributed by atoms with Crippen molar-refractivity contribution in [1.82, 2.24) is 4.90 Å². The van der Waals surface area contributed by atoms with E-state index in [0.717, 1.165) is 60.6 Å². The Morgan fingerprint density at radius 2 is 2.19 bits per heavy atom. The quantitative estimate of drug-likeness (QED) is 0.636. The summed E-state index contributed by atoms with van der Waals surface area (Å²) in [7, 11) is 1.49. The van der Waals surface area contributed by atoms with E-state index in [-0.39, 0.29) is 16.8 Å². The average Bonchev–Trinajstić information content (AvgIpc) is 3.24. The Morgan fingerprint density at radius 1 is 1.38 bits per heavy atom. The Labute approximate surface area is 159 Å². The van der Waals surface area contributed by atoms with Crippen molar-refractivity contribution in [3.63, 3.8) is 0 Å². The molecule has 4 aliphatic rings. The normalized spacial score (nSPS) is 34.2. The van der Waals surface area contributed by atoms with Crippen LogP contribution in [0, 0.1) is 5.41 Å². The Morgan fingerprint density at radius 3 is 2.96 bits per heavy atom. The molecular weight excluding hydrogens is 344 g/mol. The molecular formula is C21H24N2O2S. The summed E-state index contributed by atoms with van der Waals surface area (Å²) >= 11 is 5.78. The Kier molecular flexibility index (Phi) is 3.34. The lowest BCUT2D eigenvalue weighted by Gasteiger charge is -2.56. The van der Waals surface area contributed by atoms with E-state index in [2.05, 4.69) is 41.4 Å². The molecule has 3 heterocycles. The van der Waals surface area contributed by atoms with E-state index >= 15 is 0 Å². The van der Waals surface area contributed by atoms with Gasteiger partial charge in [0.1, 0.15) is 0 Å². The van der Waals surface area contributed by atoms with Gasteiger partial charge in [0.15, 0.2) is 0 Å². The molecule has 5 rings (SSSR count). The van der Waals surface area contributed by atoms with Gasteiger partial charge < -0.3 is 15.0 Å². The van der Waals surface area contributed by atoms with Crippen LogP contribution in [0.25, 0.3) is 0 Å². The van der Waals surface area contributed by atoms with Gasteiger partial charge in [0.05, 0.1) is 29.1 Å². The molecule has 5 heteroatoms. The van der Waals surface area contributed by atoms with E-state index in [4.69, 9.17) is 17.0 Å². The van der Waals surface area contributed by atoms with Crippen LogP contribution in [0.2, 0.25) is 0 Å². The van der Waals surface area contributed by atoms with Crippen LogP contribution in [0.3, 0.4) is 0 Å². The molecule has 0 saturated carbocycles. The lowest BCUT2D eigenvalue weighted by atomic mass is 9.53. The molecule has 1 N–H and O–H groups in total. The largest absolute Gasteiger partial charge is 0.466 e. The van der Waals surface area contributed by atoms with E-state index in [9.17, 15) is 4.79 Å². The molecule has 26 heavy (non-hydrogen) atoms. The fourth-order valence-electron chi connectivity index (χ4n) is 6.26. The second-order valence-corrected chi connectivity index (χ2v) is 8.59. The number of nitrogens with zero attached hydrogens (tertiary/aromatic N) is 1. The number of thiocarbonyl (C=S) groups is 1. The highest BCUT2D eigenvalue weighted by atomic mass is 32.1. The molecule has 1 spiro atoms. The molecule has 3 atom stereocenters. The van der Waals surface area contributed by atoms with E-state index in [1.165, 1.54) is 12.7 Å². The number of esters is 1. The first-order valence-corrected chi connectivity index (χ1v) is 9.96. The topological polar surface area (TPSA) is 41.6 Å². The van der Waals surface area contributed by atoms with Gasteiger partial charge in [-0.1, -0.05) is 37.3 Å². The highest BCUT2D eigenvalue weighted by Gasteiger charge is 2.66. The lowest BCUT2D eigenvalue weighted by molar-refractivity contribution is -0.137. The zero-order valence-corrected chi connectivity index (χ0v) is 16.1. The minimum absolute atomic E-state index is 0.0744. The molecule has 0 unspecified atom stereocenters. The molecule has 3 aliphatic heterocycles. The van der Waals surface area contributed by atoms with Crippen molar-refractivity contribution >= 4 is 28.9 Å². The minimum atomic E-state index is -0.183. The number of piperidine rings is 1. The highest BCUT2D eigenvalue weighted by Crippen LogP contribution is 2.65. The molecule has 2 fully saturated rings. The maximum absolute atomic E-state index is 12.8. The minimum Gasteiger partial charge on any atom is -0.466 e. The van der Waals surface area contributed by atoms with E-state index in [1.807, 2.05) is 0 Å².